The number of aryl methyl sites for hydroxylation is 1. The van der Waals surface area contributed by atoms with Gasteiger partial charge in [-0.2, -0.15) is 4.68 Å². The molecule has 1 aromatic carbocycles. The average Bonchev–Trinajstić information content (AvgIpc) is 3.19. The molecule has 0 atom stereocenters. The van der Waals surface area contributed by atoms with Gasteiger partial charge in [0.2, 0.25) is 5.91 Å². The summed E-state index contributed by atoms with van der Waals surface area (Å²) in [7, 11) is 0. The molecule has 8 nitrogen and oxygen atoms in total. The van der Waals surface area contributed by atoms with Gasteiger partial charge >= 0.3 is 0 Å². The highest BCUT2D eigenvalue weighted by Crippen LogP contribution is 2.24. The van der Waals surface area contributed by atoms with Crippen LogP contribution in [0.15, 0.2) is 30.6 Å². The number of nitrogens with zero attached hydrogens (tertiary/aromatic N) is 7. The first-order valence-electron chi connectivity index (χ1n) is 10.3. The fourth-order valence-electron chi connectivity index (χ4n) is 3.86. The van der Waals surface area contributed by atoms with Crippen molar-refractivity contribution in [3.8, 4) is 5.69 Å². The first-order valence-corrected chi connectivity index (χ1v) is 10.3. The van der Waals surface area contributed by atoms with E-state index in [0.29, 0.717) is 24.3 Å². The van der Waals surface area contributed by atoms with Gasteiger partial charge in [-0.15, -0.1) is 5.10 Å². The summed E-state index contributed by atoms with van der Waals surface area (Å²) in [5.74, 6) is 1.18. The maximum atomic E-state index is 12.7. The van der Waals surface area contributed by atoms with Gasteiger partial charge in [-0.05, 0) is 31.9 Å². The van der Waals surface area contributed by atoms with Gasteiger partial charge < -0.3 is 9.80 Å². The Hall–Kier alpha value is -3.03. The number of carbonyl (C=O) groups excluding carboxylic acids is 1. The molecule has 0 saturated carbocycles. The molecule has 1 aliphatic rings. The van der Waals surface area contributed by atoms with Crippen molar-refractivity contribution in [3.05, 3.63) is 36.2 Å². The molecule has 152 valence electrons. The third kappa shape index (κ3) is 3.66. The second-order valence-electron chi connectivity index (χ2n) is 7.53. The van der Waals surface area contributed by atoms with Crippen molar-refractivity contribution in [2.75, 3.05) is 31.1 Å². The molecular weight excluding hydrogens is 366 g/mol. The number of aromatic nitrogens is 5. The predicted molar refractivity (Wildman–Crippen MR) is 112 cm³/mol. The minimum Gasteiger partial charge on any atom is -0.351 e. The second kappa shape index (κ2) is 8.14. The fourth-order valence-corrected chi connectivity index (χ4v) is 3.86. The number of carbonyl (C=O) groups is 1. The van der Waals surface area contributed by atoms with Crippen LogP contribution >= 0.6 is 0 Å². The summed E-state index contributed by atoms with van der Waals surface area (Å²) < 4.78 is 1.74. The van der Waals surface area contributed by atoms with Crippen molar-refractivity contribution in [2.45, 2.75) is 33.6 Å². The van der Waals surface area contributed by atoms with E-state index in [2.05, 4.69) is 46.0 Å². The van der Waals surface area contributed by atoms with Crippen LogP contribution in [0.5, 0.6) is 0 Å². The standard InChI is InChI=1S/C21H27N7O/c1-4-16(5-2)21(29)27-12-10-26(11-13-27)19-18-20(23-14-22-19)28(25-24-18)17-8-6-15(3)7-9-17/h6-9,14,16H,4-5,10-13H2,1-3H3. The van der Waals surface area contributed by atoms with Crippen LogP contribution in [0, 0.1) is 12.8 Å². The number of benzene rings is 1. The maximum absolute atomic E-state index is 12.7. The zero-order valence-electron chi connectivity index (χ0n) is 17.2. The van der Waals surface area contributed by atoms with Crippen LogP contribution in [0.4, 0.5) is 5.82 Å². The van der Waals surface area contributed by atoms with Crippen molar-refractivity contribution in [1.82, 2.24) is 29.9 Å². The van der Waals surface area contributed by atoms with Gasteiger partial charge in [0.05, 0.1) is 5.69 Å². The highest BCUT2D eigenvalue weighted by molar-refractivity contribution is 5.84. The number of fused-ring (bicyclic) bond motifs is 1. The third-order valence-corrected chi connectivity index (χ3v) is 5.72. The molecule has 3 heterocycles. The Morgan fingerprint density at radius 3 is 2.38 bits per heavy atom. The Labute approximate surface area is 170 Å². The molecular formula is C21H27N7O. The van der Waals surface area contributed by atoms with Crippen LogP contribution in [-0.4, -0.2) is 61.9 Å². The van der Waals surface area contributed by atoms with E-state index < -0.39 is 0 Å². The molecule has 1 aliphatic heterocycles. The first-order chi connectivity index (χ1) is 14.1. The molecule has 1 amide bonds. The molecule has 0 spiro atoms. The largest absolute Gasteiger partial charge is 0.351 e. The maximum Gasteiger partial charge on any atom is 0.225 e. The van der Waals surface area contributed by atoms with Gasteiger partial charge in [0.25, 0.3) is 0 Å². The lowest BCUT2D eigenvalue weighted by Gasteiger charge is -2.36. The summed E-state index contributed by atoms with van der Waals surface area (Å²) in [4.78, 5) is 25.7. The highest BCUT2D eigenvalue weighted by atomic mass is 16.2. The van der Waals surface area contributed by atoms with Gasteiger partial charge in [-0.1, -0.05) is 36.8 Å². The summed E-state index contributed by atoms with van der Waals surface area (Å²) in [6.45, 7) is 9.08. The lowest BCUT2D eigenvalue weighted by Crippen LogP contribution is -2.50. The minimum atomic E-state index is 0.127. The summed E-state index contributed by atoms with van der Waals surface area (Å²) in [6, 6.07) is 8.10. The van der Waals surface area contributed by atoms with E-state index in [0.717, 1.165) is 37.4 Å². The van der Waals surface area contributed by atoms with Crippen LogP contribution in [-0.2, 0) is 4.79 Å². The van der Waals surface area contributed by atoms with E-state index in [1.807, 2.05) is 29.2 Å². The Kier molecular flexibility index (Phi) is 5.42. The SMILES string of the molecule is CCC(CC)C(=O)N1CCN(c2ncnc3c2nnn3-c2ccc(C)cc2)CC1. The Morgan fingerprint density at radius 1 is 1.03 bits per heavy atom. The van der Waals surface area contributed by atoms with Crippen molar-refractivity contribution in [2.24, 2.45) is 5.92 Å². The van der Waals surface area contributed by atoms with E-state index in [1.165, 1.54) is 5.56 Å². The number of amides is 1. The zero-order valence-corrected chi connectivity index (χ0v) is 17.2. The van der Waals surface area contributed by atoms with E-state index >= 15 is 0 Å². The monoisotopic (exact) mass is 393 g/mol. The van der Waals surface area contributed by atoms with Crippen molar-refractivity contribution in [1.29, 1.82) is 0 Å². The molecule has 1 saturated heterocycles. The van der Waals surface area contributed by atoms with Gasteiger partial charge in [-0.25, -0.2) is 9.97 Å². The van der Waals surface area contributed by atoms with Gasteiger partial charge in [0.15, 0.2) is 17.0 Å². The van der Waals surface area contributed by atoms with Crippen LogP contribution in [0.3, 0.4) is 0 Å². The Bertz CT molecular complexity index is 986. The van der Waals surface area contributed by atoms with E-state index in [9.17, 15) is 4.79 Å². The number of anilines is 1. The molecule has 0 aliphatic carbocycles. The molecule has 0 unspecified atom stereocenters. The molecule has 0 N–H and O–H groups in total. The molecule has 4 rings (SSSR count). The van der Waals surface area contributed by atoms with Gasteiger partial charge in [0, 0.05) is 32.1 Å². The highest BCUT2D eigenvalue weighted by Gasteiger charge is 2.27. The average molecular weight is 393 g/mol. The van der Waals surface area contributed by atoms with Crippen LogP contribution in [0.1, 0.15) is 32.3 Å². The molecule has 8 heteroatoms. The van der Waals surface area contributed by atoms with E-state index in [-0.39, 0.29) is 11.8 Å². The smallest absolute Gasteiger partial charge is 0.225 e. The lowest BCUT2D eigenvalue weighted by atomic mass is 10.0. The molecule has 0 bridgehead atoms. The number of piperazine rings is 1. The Balaban J connectivity index is 1.55. The van der Waals surface area contributed by atoms with E-state index in [1.54, 1.807) is 11.0 Å². The molecule has 1 fully saturated rings. The van der Waals surface area contributed by atoms with Crippen molar-refractivity contribution in [3.63, 3.8) is 0 Å². The minimum absolute atomic E-state index is 0.127. The van der Waals surface area contributed by atoms with Crippen LogP contribution < -0.4 is 4.90 Å². The van der Waals surface area contributed by atoms with Crippen LogP contribution in [0.2, 0.25) is 0 Å². The van der Waals surface area contributed by atoms with Crippen molar-refractivity contribution < 1.29 is 4.79 Å². The number of hydrogen-bond acceptors (Lipinski definition) is 6. The third-order valence-electron chi connectivity index (χ3n) is 5.72. The van der Waals surface area contributed by atoms with Crippen molar-refractivity contribution >= 4 is 22.9 Å². The Morgan fingerprint density at radius 2 is 1.72 bits per heavy atom. The quantitative estimate of drug-likeness (QED) is 0.663. The first kappa shape index (κ1) is 19.3. The number of hydrogen-bond donors (Lipinski definition) is 0. The van der Waals surface area contributed by atoms with Gasteiger partial charge in [-0.3, -0.25) is 4.79 Å². The van der Waals surface area contributed by atoms with Gasteiger partial charge in [0.1, 0.15) is 6.33 Å². The van der Waals surface area contributed by atoms with E-state index in [4.69, 9.17) is 0 Å². The normalized spacial score (nSPS) is 14.8. The summed E-state index contributed by atoms with van der Waals surface area (Å²) in [6.07, 6.45) is 3.35. The lowest BCUT2D eigenvalue weighted by molar-refractivity contribution is -0.136. The summed E-state index contributed by atoms with van der Waals surface area (Å²) in [5, 5.41) is 8.68. The molecule has 29 heavy (non-hydrogen) atoms. The summed E-state index contributed by atoms with van der Waals surface area (Å²) in [5.41, 5.74) is 3.49. The molecule has 3 aromatic rings. The summed E-state index contributed by atoms with van der Waals surface area (Å²) >= 11 is 0. The molecule has 0 radical (unpaired) electrons. The second-order valence-corrected chi connectivity index (χ2v) is 7.53. The molecule has 2 aromatic heterocycles. The fraction of sp³-hybridized carbons (Fsp3) is 0.476. The van der Waals surface area contributed by atoms with Crippen LogP contribution in [0.25, 0.3) is 16.9 Å². The predicted octanol–water partition coefficient (Wildman–Crippen LogP) is 2.60. The number of rotatable bonds is 5. The zero-order chi connectivity index (χ0) is 20.4. The topological polar surface area (TPSA) is 80.0 Å².